The van der Waals surface area contributed by atoms with Gasteiger partial charge in [0, 0.05) is 22.2 Å². The highest BCUT2D eigenvalue weighted by atomic mass is 35.5. The molecule has 0 aliphatic heterocycles. The van der Waals surface area contributed by atoms with Crippen molar-refractivity contribution in [3.8, 4) is 0 Å². The fraction of sp³-hybridized carbons (Fsp3) is 0.294. The zero-order chi connectivity index (χ0) is 15.1. The first kappa shape index (κ1) is 16.3. The average Bonchev–Trinajstić information content (AvgIpc) is 2.50. The molecule has 21 heavy (non-hydrogen) atoms. The molecule has 2 aromatic rings. The Morgan fingerprint density at radius 2 is 1.90 bits per heavy atom. The van der Waals surface area contributed by atoms with E-state index in [1.807, 2.05) is 0 Å². The topological polar surface area (TPSA) is 12.0 Å². The molecule has 0 aromatic heterocycles. The van der Waals surface area contributed by atoms with Gasteiger partial charge in [-0.25, -0.2) is 4.39 Å². The number of halogens is 2. The van der Waals surface area contributed by atoms with E-state index >= 15 is 0 Å². The first-order valence-electron chi connectivity index (χ1n) is 7.05. The third-order valence-corrected chi connectivity index (χ3v) is 4.51. The van der Waals surface area contributed by atoms with Gasteiger partial charge in [0.1, 0.15) is 5.82 Å². The molecular weight excluding hydrogens is 305 g/mol. The summed E-state index contributed by atoms with van der Waals surface area (Å²) in [7, 11) is 0. The maximum atomic E-state index is 13.2. The van der Waals surface area contributed by atoms with Gasteiger partial charge in [0.2, 0.25) is 0 Å². The molecule has 2 rings (SSSR count). The van der Waals surface area contributed by atoms with Crippen LogP contribution in [0.3, 0.4) is 0 Å². The summed E-state index contributed by atoms with van der Waals surface area (Å²) in [6, 6.07) is 12.9. The molecule has 0 amide bonds. The Morgan fingerprint density at radius 1 is 1.14 bits per heavy atom. The van der Waals surface area contributed by atoms with E-state index in [9.17, 15) is 4.39 Å². The summed E-state index contributed by atoms with van der Waals surface area (Å²) in [5, 5.41) is 3.99. The second-order valence-corrected chi connectivity index (χ2v) is 6.30. The van der Waals surface area contributed by atoms with E-state index in [2.05, 4.69) is 36.5 Å². The highest BCUT2D eigenvalue weighted by molar-refractivity contribution is 7.98. The summed E-state index contributed by atoms with van der Waals surface area (Å²) < 4.78 is 13.2. The maximum Gasteiger partial charge on any atom is 0.123 e. The van der Waals surface area contributed by atoms with Gasteiger partial charge in [-0.1, -0.05) is 30.7 Å². The molecule has 1 N–H and O–H groups in total. The van der Waals surface area contributed by atoms with Crippen molar-refractivity contribution >= 4 is 23.4 Å². The highest BCUT2D eigenvalue weighted by Crippen LogP contribution is 2.27. The molecule has 0 unspecified atom stereocenters. The van der Waals surface area contributed by atoms with Gasteiger partial charge in [-0.05, 0) is 54.4 Å². The van der Waals surface area contributed by atoms with Crippen molar-refractivity contribution in [3.05, 3.63) is 64.4 Å². The minimum atomic E-state index is -0.243. The molecule has 0 bridgehead atoms. The number of hydrogen-bond acceptors (Lipinski definition) is 2. The van der Waals surface area contributed by atoms with Gasteiger partial charge >= 0.3 is 0 Å². The Labute approximate surface area is 134 Å². The van der Waals surface area contributed by atoms with E-state index in [0.717, 1.165) is 30.0 Å². The van der Waals surface area contributed by atoms with Crippen LogP contribution in [-0.4, -0.2) is 6.54 Å². The second-order valence-electron chi connectivity index (χ2n) is 4.85. The van der Waals surface area contributed by atoms with Crippen LogP contribution in [0.1, 0.15) is 24.5 Å². The molecule has 0 heterocycles. The van der Waals surface area contributed by atoms with Gasteiger partial charge in [0.05, 0.1) is 0 Å². The normalized spacial score (nSPS) is 10.8. The van der Waals surface area contributed by atoms with Crippen LogP contribution in [0.15, 0.2) is 47.4 Å². The van der Waals surface area contributed by atoms with E-state index < -0.39 is 0 Å². The van der Waals surface area contributed by atoms with E-state index in [0.29, 0.717) is 10.8 Å². The van der Waals surface area contributed by atoms with E-state index in [1.54, 1.807) is 17.8 Å². The lowest BCUT2D eigenvalue weighted by Crippen LogP contribution is -2.13. The predicted octanol–water partition coefficient (Wildman–Crippen LogP) is 5.27. The number of rotatable bonds is 7. The fourth-order valence-corrected chi connectivity index (χ4v) is 3.08. The van der Waals surface area contributed by atoms with Crippen molar-refractivity contribution in [3.63, 3.8) is 0 Å². The largest absolute Gasteiger partial charge is 0.313 e. The Hall–Kier alpha value is -1.03. The number of benzene rings is 2. The van der Waals surface area contributed by atoms with Gasteiger partial charge in [0.15, 0.2) is 0 Å². The Bertz CT molecular complexity index is 572. The van der Waals surface area contributed by atoms with Crippen molar-refractivity contribution in [1.29, 1.82) is 0 Å². The van der Waals surface area contributed by atoms with Gasteiger partial charge in [-0.15, -0.1) is 11.8 Å². The van der Waals surface area contributed by atoms with Gasteiger partial charge < -0.3 is 5.32 Å². The zero-order valence-electron chi connectivity index (χ0n) is 12.0. The average molecular weight is 324 g/mol. The quantitative estimate of drug-likeness (QED) is 0.550. The number of nitrogens with one attached hydrogen (secondary N) is 1. The summed E-state index contributed by atoms with van der Waals surface area (Å²) >= 11 is 7.73. The Balaban J connectivity index is 1.90. The molecule has 2 aromatic carbocycles. The molecule has 4 heteroatoms. The zero-order valence-corrected chi connectivity index (χ0v) is 13.6. The van der Waals surface area contributed by atoms with E-state index in [1.165, 1.54) is 17.7 Å². The van der Waals surface area contributed by atoms with E-state index in [-0.39, 0.29) is 5.82 Å². The van der Waals surface area contributed by atoms with Crippen LogP contribution in [0.2, 0.25) is 5.02 Å². The minimum absolute atomic E-state index is 0.243. The minimum Gasteiger partial charge on any atom is -0.313 e. The van der Waals surface area contributed by atoms with Crippen molar-refractivity contribution < 1.29 is 4.39 Å². The molecule has 0 saturated carbocycles. The lowest BCUT2D eigenvalue weighted by molar-refractivity contribution is 0.626. The molecule has 1 nitrogen and oxygen atoms in total. The highest BCUT2D eigenvalue weighted by Gasteiger charge is 2.03. The SMILES string of the molecule is CCCNCc1ccc(SCc2cc(F)ccc2Cl)cc1. The third kappa shape index (κ3) is 5.34. The van der Waals surface area contributed by atoms with Gasteiger partial charge in [0.25, 0.3) is 0 Å². The van der Waals surface area contributed by atoms with Crippen LogP contribution in [0, 0.1) is 5.82 Å². The van der Waals surface area contributed by atoms with Crippen LogP contribution in [0.5, 0.6) is 0 Å². The van der Waals surface area contributed by atoms with Crippen molar-refractivity contribution in [2.24, 2.45) is 0 Å². The first-order chi connectivity index (χ1) is 10.2. The maximum absolute atomic E-state index is 13.2. The third-order valence-electron chi connectivity index (χ3n) is 3.08. The Kier molecular flexibility index (Phi) is 6.55. The predicted molar refractivity (Wildman–Crippen MR) is 89.4 cm³/mol. The molecule has 0 saturated heterocycles. The lowest BCUT2D eigenvalue weighted by atomic mass is 10.2. The molecule has 0 spiro atoms. The summed E-state index contributed by atoms with van der Waals surface area (Å²) in [6.07, 6.45) is 1.14. The summed E-state index contributed by atoms with van der Waals surface area (Å²) in [5.41, 5.74) is 2.10. The smallest absolute Gasteiger partial charge is 0.123 e. The monoisotopic (exact) mass is 323 g/mol. The second kappa shape index (κ2) is 8.42. The Morgan fingerprint density at radius 3 is 2.62 bits per heavy atom. The number of hydrogen-bond donors (Lipinski definition) is 1. The lowest BCUT2D eigenvalue weighted by Gasteiger charge is -2.07. The van der Waals surface area contributed by atoms with Crippen LogP contribution >= 0.6 is 23.4 Å². The molecule has 0 aliphatic rings. The molecular formula is C17H19ClFNS. The molecule has 112 valence electrons. The first-order valence-corrected chi connectivity index (χ1v) is 8.42. The van der Waals surface area contributed by atoms with Gasteiger partial charge in [-0.2, -0.15) is 0 Å². The molecule has 0 atom stereocenters. The summed E-state index contributed by atoms with van der Waals surface area (Å²) in [6.45, 7) is 4.09. The van der Waals surface area contributed by atoms with Crippen LogP contribution in [0.4, 0.5) is 4.39 Å². The van der Waals surface area contributed by atoms with Crippen molar-refractivity contribution in [2.45, 2.75) is 30.5 Å². The number of thioether (sulfide) groups is 1. The van der Waals surface area contributed by atoms with Gasteiger partial charge in [-0.3, -0.25) is 0 Å². The van der Waals surface area contributed by atoms with Crippen molar-refractivity contribution in [2.75, 3.05) is 6.54 Å². The standard InChI is InChI=1S/C17H19ClFNS/c1-2-9-20-11-13-3-6-16(7-4-13)21-12-14-10-15(19)5-8-17(14)18/h3-8,10,20H,2,9,11-12H2,1H3. The van der Waals surface area contributed by atoms with Crippen LogP contribution in [-0.2, 0) is 12.3 Å². The molecule has 0 fully saturated rings. The summed E-state index contributed by atoms with van der Waals surface area (Å²) in [5.74, 6) is 0.427. The van der Waals surface area contributed by atoms with Crippen LogP contribution < -0.4 is 5.32 Å². The van der Waals surface area contributed by atoms with Crippen LogP contribution in [0.25, 0.3) is 0 Å². The van der Waals surface area contributed by atoms with Crippen molar-refractivity contribution in [1.82, 2.24) is 5.32 Å². The fourth-order valence-electron chi connectivity index (χ4n) is 1.93. The summed E-state index contributed by atoms with van der Waals surface area (Å²) in [4.78, 5) is 1.16. The molecule has 0 radical (unpaired) electrons. The van der Waals surface area contributed by atoms with E-state index in [4.69, 9.17) is 11.6 Å². The molecule has 0 aliphatic carbocycles.